The fourth-order valence-corrected chi connectivity index (χ4v) is 4.87. The highest BCUT2D eigenvalue weighted by atomic mass is 32.2. The summed E-state index contributed by atoms with van der Waals surface area (Å²) in [5.41, 5.74) is 0.877. The van der Waals surface area contributed by atoms with Crippen LogP contribution in [0.5, 0.6) is 0 Å². The fourth-order valence-electron chi connectivity index (χ4n) is 3.85. The van der Waals surface area contributed by atoms with Crippen LogP contribution in [0, 0.1) is 0 Å². The van der Waals surface area contributed by atoms with E-state index in [1.807, 2.05) is 34.9 Å². The van der Waals surface area contributed by atoms with Crippen molar-refractivity contribution >= 4 is 33.0 Å². The summed E-state index contributed by atoms with van der Waals surface area (Å²) in [5, 5.41) is 13.5. The van der Waals surface area contributed by atoms with Crippen molar-refractivity contribution in [2.24, 2.45) is 4.40 Å². The molecule has 0 radical (unpaired) electrons. The van der Waals surface area contributed by atoms with Gasteiger partial charge in [-0.15, -0.1) is 0 Å². The zero-order chi connectivity index (χ0) is 23.7. The number of imidazole rings is 1. The van der Waals surface area contributed by atoms with Crippen LogP contribution < -0.4 is 9.67 Å². The van der Waals surface area contributed by atoms with Gasteiger partial charge in [0.2, 0.25) is 12.1 Å². The van der Waals surface area contributed by atoms with Crippen LogP contribution in [0.2, 0.25) is 0 Å². The van der Waals surface area contributed by atoms with E-state index < -0.39 is 27.3 Å². The first-order chi connectivity index (χ1) is 16.4. The highest BCUT2D eigenvalue weighted by molar-refractivity contribution is 7.90. The number of allylic oxidation sites excluding steroid dienone is 1. The molecular formula is C26H19N3O4S. The number of hydrogen-bond donors (Lipinski definition) is 0. The minimum absolute atomic E-state index is 0.0624. The fraction of sp³-hybridized carbons (Fsp3) is 0.0385. The molecule has 1 aliphatic carbocycles. The Morgan fingerprint density at radius 1 is 0.853 bits per heavy atom. The molecule has 0 aliphatic heterocycles. The second kappa shape index (κ2) is 8.57. The molecule has 8 heteroatoms. The molecule has 0 fully saturated rings. The van der Waals surface area contributed by atoms with Gasteiger partial charge in [0.25, 0.3) is 10.0 Å². The first kappa shape index (κ1) is 21.5. The quantitative estimate of drug-likeness (QED) is 0.420. The van der Waals surface area contributed by atoms with Crippen LogP contribution in [0.1, 0.15) is 21.5 Å². The lowest BCUT2D eigenvalue weighted by Crippen LogP contribution is -2.33. The van der Waals surface area contributed by atoms with Gasteiger partial charge in [-0.3, -0.25) is 4.79 Å². The molecule has 168 valence electrons. The number of carbonyl (C=O) groups excluding carboxylic acids is 1. The number of benzene rings is 3. The van der Waals surface area contributed by atoms with E-state index in [-0.39, 0.29) is 21.7 Å². The molecule has 3 aromatic carbocycles. The van der Waals surface area contributed by atoms with Gasteiger partial charge in [0, 0.05) is 5.56 Å². The van der Waals surface area contributed by atoms with Crippen LogP contribution in [-0.2, 0) is 16.6 Å². The number of Topliss-reactive ketones (excluding diaryl/α,β-unsaturated/α-hetero) is 1. The zero-order valence-corrected chi connectivity index (χ0v) is 18.7. The molecule has 1 heterocycles. The summed E-state index contributed by atoms with van der Waals surface area (Å²) in [6.45, 7) is 0.536. The van der Waals surface area contributed by atoms with Crippen molar-refractivity contribution in [3.05, 3.63) is 120 Å². The number of nitrogens with zero attached hydrogens (tertiary/aromatic N) is 3. The average molecular weight is 470 g/mol. The summed E-state index contributed by atoms with van der Waals surface area (Å²) in [6.07, 6.45) is 5.01. The van der Waals surface area contributed by atoms with Crippen molar-refractivity contribution < 1.29 is 22.9 Å². The summed E-state index contributed by atoms with van der Waals surface area (Å²) >= 11 is 0. The molecule has 0 saturated carbocycles. The molecule has 1 aliphatic rings. The molecule has 0 saturated heterocycles. The van der Waals surface area contributed by atoms with Crippen LogP contribution in [0.4, 0.5) is 0 Å². The molecule has 4 aromatic rings. The normalized spacial score (nSPS) is 14.9. The van der Waals surface area contributed by atoms with E-state index in [1.165, 1.54) is 22.8 Å². The Bertz CT molecular complexity index is 1550. The number of fused-ring (bicyclic) bond motifs is 1. The third kappa shape index (κ3) is 3.95. The first-order valence-electron chi connectivity index (χ1n) is 10.5. The maximum atomic E-state index is 13.5. The maximum Gasteiger partial charge on any atom is 0.283 e. The second-order valence-electron chi connectivity index (χ2n) is 7.76. The van der Waals surface area contributed by atoms with Crippen LogP contribution in [0.3, 0.4) is 0 Å². The van der Waals surface area contributed by atoms with Gasteiger partial charge in [-0.1, -0.05) is 72.8 Å². The molecule has 0 unspecified atom stereocenters. The molecule has 1 aromatic heterocycles. The second-order valence-corrected chi connectivity index (χ2v) is 9.36. The topological polar surface area (TPSA) is 95.4 Å². The van der Waals surface area contributed by atoms with E-state index in [4.69, 9.17) is 0 Å². The predicted molar refractivity (Wildman–Crippen MR) is 125 cm³/mol. The molecule has 34 heavy (non-hydrogen) atoms. The van der Waals surface area contributed by atoms with Gasteiger partial charge >= 0.3 is 0 Å². The van der Waals surface area contributed by atoms with E-state index in [1.54, 1.807) is 55.1 Å². The summed E-state index contributed by atoms with van der Waals surface area (Å²) in [5.74, 6) is -1.09. The lowest BCUT2D eigenvalue weighted by molar-refractivity contribution is -0.687. The predicted octanol–water partition coefficient (Wildman–Crippen LogP) is 2.54. The van der Waals surface area contributed by atoms with Crippen LogP contribution in [0.15, 0.2) is 113 Å². The van der Waals surface area contributed by atoms with Crippen molar-refractivity contribution in [1.29, 1.82) is 0 Å². The highest BCUT2D eigenvalue weighted by Crippen LogP contribution is 2.30. The van der Waals surface area contributed by atoms with E-state index >= 15 is 0 Å². The third-order valence-electron chi connectivity index (χ3n) is 5.48. The number of aromatic nitrogens is 2. The molecule has 7 nitrogen and oxygen atoms in total. The monoisotopic (exact) mass is 469 g/mol. The number of hydrogen-bond acceptors (Lipinski definition) is 4. The largest absolute Gasteiger partial charge is 0.869 e. The van der Waals surface area contributed by atoms with Gasteiger partial charge in [0.05, 0.1) is 4.90 Å². The van der Waals surface area contributed by atoms with E-state index in [0.29, 0.717) is 6.54 Å². The Balaban J connectivity index is 1.66. The van der Waals surface area contributed by atoms with Gasteiger partial charge in [0.1, 0.15) is 18.9 Å². The van der Waals surface area contributed by atoms with E-state index in [9.17, 15) is 18.3 Å². The molecule has 0 spiro atoms. The van der Waals surface area contributed by atoms with Gasteiger partial charge in [0.15, 0.2) is 11.4 Å². The summed E-state index contributed by atoms with van der Waals surface area (Å²) in [4.78, 5) is 13.3. The molecule has 5 rings (SSSR count). The average Bonchev–Trinajstić information content (AvgIpc) is 3.31. The number of ketones is 1. The molecule has 0 bridgehead atoms. The zero-order valence-electron chi connectivity index (χ0n) is 17.9. The SMILES string of the molecule is O=C1C(=NS(=O)(=O)c2ccccc2)C(n2cc[n+](Cc3ccccc3)c2)=C([O-])c2ccccc21. The lowest BCUT2D eigenvalue weighted by Gasteiger charge is -2.24. The van der Waals surface area contributed by atoms with Crippen LogP contribution in [0.25, 0.3) is 11.5 Å². The lowest BCUT2D eigenvalue weighted by atomic mass is 9.91. The smallest absolute Gasteiger partial charge is 0.283 e. The first-order valence-corrected chi connectivity index (χ1v) is 12.0. The summed E-state index contributed by atoms with van der Waals surface area (Å²) < 4.78 is 33.2. The standard InChI is InChI=1S/C26H19N3O4S/c30-25-21-13-7-8-14-22(21)26(31)24(23(25)27-34(32,33)20-11-5-2-6-12-20)29-16-15-28(18-29)17-19-9-3-1-4-10-19/h1-16,18H,17H2. The van der Waals surface area contributed by atoms with Gasteiger partial charge < -0.3 is 5.11 Å². The van der Waals surface area contributed by atoms with Gasteiger partial charge in [-0.2, -0.15) is 12.8 Å². The minimum Gasteiger partial charge on any atom is -0.869 e. The molecule has 0 amide bonds. The molecular weight excluding hydrogens is 450 g/mol. The Labute approximate surface area is 196 Å². The van der Waals surface area contributed by atoms with Crippen molar-refractivity contribution in [3.8, 4) is 0 Å². The van der Waals surface area contributed by atoms with Crippen LogP contribution in [-0.4, -0.2) is 24.5 Å². The third-order valence-corrected chi connectivity index (χ3v) is 6.77. The molecule has 0 N–H and O–H groups in total. The number of carbonyl (C=O) groups is 1. The Kier molecular flexibility index (Phi) is 5.43. The van der Waals surface area contributed by atoms with Crippen molar-refractivity contribution in [3.63, 3.8) is 0 Å². The van der Waals surface area contributed by atoms with Gasteiger partial charge in [-0.05, 0) is 29.0 Å². The Morgan fingerprint density at radius 2 is 1.47 bits per heavy atom. The van der Waals surface area contributed by atoms with Gasteiger partial charge in [-0.25, -0.2) is 9.13 Å². The van der Waals surface area contributed by atoms with E-state index in [2.05, 4.69) is 4.40 Å². The van der Waals surface area contributed by atoms with Crippen LogP contribution >= 0.6 is 0 Å². The molecule has 0 atom stereocenters. The van der Waals surface area contributed by atoms with Crippen molar-refractivity contribution in [2.45, 2.75) is 11.4 Å². The Morgan fingerprint density at radius 3 is 2.18 bits per heavy atom. The number of sulfonamides is 1. The number of rotatable bonds is 5. The minimum atomic E-state index is -4.23. The summed E-state index contributed by atoms with van der Waals surface area (Å²) in [6, 6.07) is 23.7. The van der Waals surface area contributed by atoms with E-state index in [0.717, 1.165) is 5.56 Å². The summed E-state index contributed by atoms with van der Waals surface area (Å²) in [7, 11) is -4.23. The van der Waals surface area contributed by atoms with Crippen molar-refractivity contribution in [1.82, 2.24) is 4.57 Å². The maximum absolute atomic E-state index is 13.5. The van der Waals surface area contributed by atoms with Crippen molar-refractivity contribution in [2.75, 3.05) is 0 Å². The highest BCUT2D eigenvalue weighted by Gasteiger charge is 2.33. The Hall–Kier alpha value is -4.30.